The van der Waals surface area contributed by atoms with Crippen LogP contribution in [0.2, 0.25) is 0 Å². The molecule has 8 aromatic rings. The molecule has 111 heavy (non-hydrogen) atoms. The lowest BCUT2D eigenvalue weighted by atomic mass is 9.92. The first-order valence-electron chi connectivity index (χ1n) is 41.0. The molecular weight excluding hydrogens is 1380 g/mol. The number of rotatable bonds is 11. The van der Waals surface area contributed by atoms with E-state index in [2.05, 4.69) is 189 Å². The number of amides is 3. The summed E-state index contributed by atoms with van der Waals surface area (Å²) in [5.74, 6) is 0.965. The first kappa shape index (κ1) is 81.0. The highest BCUT2D eigenvalue weighted by molar-refractivity contribution is 5.86. The molecule has 3 saturated heterocycles. The van der Waals surface area contributed by atoms with Crippen LogP contribution in [0.1, 0.15) is 204 Å². The molecular formula is C93H122N12O6. The van der Waals surface area contributed by atoms with E-state index in [4.69, 9.17) is 19.5 Å². The van der Waals surface area contributed by atoms with Crippen LogP contribution in [0, 0.1) is 45.9 Å². The van der Waals surface area contributed by atoms with Crippen LogP contribution < -0.4 is 14.7 Å². The average molecular weight is 1500 g/mol. The highest BCUT2D eigenvalue weighted by Gasteiger charge is 2.45. The van der Waals surface area contributed by atoms with Gasteiger partial charge >= 0.3 is 18.3 Å². The van der Waals surface area contributed by atoms with Gasteiger partial charge in [0.05, 0.1) is 12.5 Å². The van der Waals surface area contributed by atoms with E-state index >= 15 is 0 Å². The molecule has 4 aromatic carbocycles. The molecule has 0 saturated carbocycles. The molecule has 0 N–H and O–H groups in total. The molecule has 0 bridgehead atoms. The van der Waals surface area contributed by atoms with E-state index in [1.165, 1.54) is 95.7 Å². The highest BCUT2D eigenvalue weighted by atomic mass is 16.6. The number of carbonyl (C=O) groups is 3. The molecule has 11 heterocycles. The van der Waals surface area contributed by atoms with E-state index in [9.17, 15) is 14.4 Å². The summed E-state index contributed by atoms with van der Waals surface area (Å²) in [5, 5.41) is 10.3. The van der Waals surface area contributed by atoms with Gasteiger partial charge in [-0.15, -0.1) is 0 Å². The van der Waals surface area contributed by atoms with E-state index in [-0.39, 0.29) is 18.3 Å². The van der Waals surface area contributed by atoms with Gasteiger partial charge in [0.25, 0.3) is 0 Å². The van der Waals surface area contributed by atoms with Gasteiger partial charge in [-0.25, -0.2) is 14.4 Å². The second-order valence-electron chi connectivity index (χ2n) is 35.1. The Labute approximate surface area is 661 Å². The van der Waals surface area contributed by atoms with Gasteiger partial charge in [-0.1, -0.05) is 76.9 Å². The molecule has 0 radical (unpaired) electrons. The standard InChI is InChI=1S/C26H35N3O2.2C25H33N3O2.C17H21N3/c1-18-8-11-24-21(15-18)22-17-28(25(30)31-26(3,4)5)13-6-7-23(22)29(24)14-12-20-10-9-19(2)27-16-20;1-18-7-8-23-20(16-18)21-17-27(24(29)30-25(2,3)4)14-5-6-22(21)28(23)15-11-19-9-12-26-13-10-19;1-18-10-11-23-20(16-18)21-17-27(24(29)30-25(2,3)4)14-7-9-22(21)28(23)15-12-19-8-5-6-13-26-19;1-13-6-7-17-14(11-13)15-12-19(2)9-3-5-16(15)20(17)10-4-8-18/h8-11,15-16,22-23H,6-7,12-14,17H2,1-5H3;7-10,12-13,16,21-22H,5-6,11,14-15,17H2,1-4H3;5-6,8,10-11,13,16,21-22H,7,9,12,14-15,17H2,1-4H3;6-7,11H,3-5,9-10,12H2,1-2H3/t22-,23-;2*21-,22-;/m000./s1. The number of hydrogen-bond acceptors (Lipinski definition) is 14. The van der Waals surface area contributed by atoms with Crippen molar-refractivity contribution in [2.24, 2.45) is 0 Å². The van der Waals surface area contributed by atoms with Crippen molar-refractivity contribution in [3.8, 4) is 6.07 Å². The Morgan fingerprint density at radius 1 is 0.495 bits per heavy atom. The van der Waals surface area contributed by atoms with Gasteiger partial charge in [-0.05, 0) is 269 Å². The highest BCUT2D eigenvalue weighted by Crippen LogP contribution is 2.48. The fourth-order valence-corrected chi connectivity index (χ4v) is 17.8. The maximum absolute atomic E-state index is 12.8. The number of fused-ring (bicyclic) bond motifs is 12. The maximum Gasteiger partial charge on any atom is 0.410 e. The van der Waals surface area contributed by atoms with Crippen molar-refractivity contribution >= 4 is 46.2 Å². The average Bonchev–Trinajstić information content (AvgIpc) is 1.65. The molecule has 0 aliphatic carbocycles. The van der Waals surface area contributed by atoms with Gasteiger partial charge in [0.1, 0.15) is 16.8 Å². The second-order valence-corrected chi connectivity index (χ2v) is 35.1. The summed E-state index contributed by atoms with van der Waals surface area (Å²) >= 11 is 0. The van der Waals surface area contributed by atoms with Crippen LogP contribution >= 0.6 is 0 Å². The number of nitrogens with zero attached hydrogens (tertiary/aromatic N) is 12. The quantitative estimate of drug-likeness (QED) is 0.112. The molecule has 4 aromatic heterocycles. The molecule has 590 valence electrons. The minimum Gasteiger partial charge on any atom is -0.444 e. The number of nitriles is 1. The molecule has 0 unspecified atom stereocenters. The molecule has 6 atom stereocenters. The SMILES string of the molecule is Cc1ccc2c(c1)[C@@H]1CN(C(=O)OC(C)(C)C)CCC[C@@H]1N2CCc1ccc(C)nc1.Cc1ccc2c(c1)[C@@H]1CN(C(=O)OC(C)(C)C)CCC[C@@H]1N2CCc1ccccn1.Cc1ccc2c(c1)[C@@H]1CN(C(=O)OC(C)(C)C)CCC[C@@H]1N2CCc1ccncc1.Cc1ccc2c(c1)c1c(n2CCC#N)CCCN(C)C1. The lowest BCUT2D eigenvalue weighted by molar-refractivity contribution is 0.0238. The summed E-state index contributed by atoms with van der Waals surface area (Å²) in [6.07, 6.45) is 19.1. The summed E-state index contributed by atoms with van der Waals surface area (Å²) in [6, 6.07) is 45.2. The predicted octanol–water partition coefficient (Wildman–Crippen LogP) is 18.4. The van der Waals surface area contributed by atoms with Gasteiger partial charge < -0.3 is 53.1 Å². The van der Waals surface area contributed by atoms with Crippen molar-refractivity contribution in [2.75, 3.05) is 87.2 Å². The first-order valence-corrected chi connectivity index (χ1v) is 41.0. The Balaban J connectivity index is 0.000000139. The van der Waals surface area contributed by atoms with Gasteiger partial charge in [-0.2, -0.15) is 5.26 Å². The van der Waals surface area contributed by atoms with Gasteiger partial charge in [0.2, 0.25) is 0 Å². The number of anilines is 3. The number of carbonyl (C=O) groups excluding carboxylic acids is 3. The molecule has 18 heteroatoms. The normalized spacial score (nSPS) is 20.1. The minimum atomic E-state index is -0.471. The molecule has 7 aliphatic heterocycles. The Morgan fingerprint density at radius 2 is 0.955 bits per heavy atom. The van der Waals surface area contributed by atoms with E-state index in [1.54, 1.807) is 0 Å². The van der Waals surface area contributed by atoms with Crippen LogP contribution in [0.4, 0.5) is 31.4 Å². The van der Waals surface area contributed by atoms with Gasteiger partial charge in [0.15, 0.2) is 0 Å². The zero-order valence-corrected chi connectivity index (χ0v) is 69.0. The number of aromatic nitrogens is 4. The van der Waals surface area contributed by atoms with Crippen molar-refractivity contribution in [2.45, 2.75) is 240 Å². The molecule has 3 fully saturated rings. The molecule has 0 spiro atoms. The number of ether oxygens (including phenoxy) is 3. The summed E-state index contributed by atoms with van der Waals surface area (Å²) in [6.45, 7) is 38.3. The third-order valence-corrected chi connectivity index (χ3v) is 22.9. The molecule has 15 rings (SSSR count). The summed E-state index contributed by atoms with van der Waals surface area (Å²) in [7, 11) is 2.20. The zero-order chi connectivity index (χ0) is 78.9. The Morgan fingerprint density at radius 3 is 1.40 bits per heavy atom. The third kappa shape index (κ3) is 20.4. The summed E-state index contributed by atoms with van der Waals surface area (Å²) in [4.78, 5) is 67.5. The topological polar surface area (TPSA) is 169 Å². The van der Waals surface area contributed by atoms with Crippen LogP contribution in [0.15, 0.2) is 140 Å². The van der Waals surface area contributed by atoms with Crippen molar-refractivity contribution in [1.29, 1.82) is 5.26 Å². The number of pyridine rings is 3. The van der Waals surface area contributed by atoms with Gasteiger partial charge in [0, 0.05) is 184 Å². The van der Waals surface area contributed by atoms with Crippen LogP contribution in [0.5, 0.6) is 0 Å². The van der Waals surface area contributed by atoms with E-state index < -0.39 is 16.8 Å². The largest absolute Gasteiger partial charge is 0.444 e. The maximum atomic E-state index is 12.8. The Kier molecular flexibility index (Phi) is 25.9. The van der Waals surface area contributed by atoms with Crippen molar-refractivity contribution in [3.63, 3.8) is 0 Å². The van der Waals surface area contributed by atoms with Crippen LogP contribution in [0.25, 0.3) is 10.9 Å². The number of benzene rings is 4. The lowest BCUT2D eigenvalue weighted by Gasteiger charge is -2.30. The number of aryl methyl sites for hydroxylation is 6. The molecule has 7 aliphatic rings. The molecule has 3 amide bonds. The van der Waals surface area contributed by atoms with Crippen LogP contribution in [0.3, 0.4) is 0 Å². The van der Waals surface area contributed by atoms with Crippen LogP contribution in [-0.4, -0.2) is 165 Å². The lowest BCUT2D eigenvalue weighted by Crippen LogP contribution is -2.40. The number of likely N-dealkylation sites (tertiary alicyclic amines) is 3. The summed E-state index contributed by atoms with van der Waals surface area (Å²) in [5.41, 5.74) is 20.8. The van der Waals surface area contributed by atoms with E-state index in [1.807, 2.05) is 115 Å². The van der Waals surface area contributed by atoms with E-state index in [0.29, 0.717) is 42.3 Å². The predicted molar refractivity (Wildman–Crippen MR) is 446 cm³/mol. The zero-order valence-electron chi connectivity index (χ0n) is 69.0. The Bertz CT molecular complexity index is 4390. The fraction of sp³-hybridized carbons (Fsp3) is 0.516. The van der Waals surface area contributed by atoms with Crippen LogP contribution in [-0.2, 0) is 53.0 Å². The van der Waals surface area contributed by atoms with Crippen molar-refractivity contribution in [1.82, 2.24) is 39.1 Å². The number of hydrogen-bond donors (Lipinski definition) is 0. The van der Waals surface area contributed by atoms with Gasteiger partial charge in [-0.3, -0.25) is 15.0 Å². The monoisotopic (exact) mass is 1500 g/mol. The first-order chi connectivity index (χ1) is 53.0. The fourth-order valence-electron chi connectivity index (χ4n) is 17.8. The van der Waals surface area contributed by atoms with Crippen molar-refractivity contribution < 1.29 is 28.6 Å². The minimum absolute atomic E-state index is 0.187. The van der Waals surface area contributed by atoms with Crippen molar-refractivity contribution in [3.05, 3.63) is 213 Å². The Hall–Kier alpha value is -9.47. The smallest absolute Gasteiger partial charge is 0.410 e. The summed E-state index contributed by atoms with van der Waals surface area (Å²) < 4.78 is 19.5. The third-order valence-electron chi connectivity index (χ3n) is 22.9. The second kappa shape index (κ2) is 35.5. The molecule has 18 nitrogen and oxygen atoms in total. The van der Waals surface area contributed by atoms with E-state index in [0.717, 1.165) is 154 Å².